The van der Waals surface area contributed by atoms with Gasteiger partial charge in [0.05, 0.1) is 12.0 Å². The maximum Gasteiger partial charge on any atom is 0.407 e. The van der Waals surface area contributed by atoms with E-state index in [0.717, 1.165) is 11.1 Å². The van der Waals surface area contributed by atoms with Crippen LogP contribution in [0.25, 0.3) is 11.1 Å². The summed E-state index contributed by atoms with van der Waals surface area (Å²) >= 11 is 0. The third-order valence-electron chi connectivity index (χ3n) is 7.03. The van der Waals surface area contributed by atoms with E-state index in [-0.39, 0.29) is 50.7 Å². The van der Waals surface area contributed by atoms with Crippen LogP contribution in [0.3, 0.4) is 0 Å². The summed E-state index contributed by atoms with van der Waals surface area (Å²) in [5.74, 6) is -1.29. The standard InChI is InChI=1S/C26H30N2O6/c1-17-13-28(16-26(17,2)24(30)31)23(29)15-33-12-11-27-25(32)34-14-22-20-9-5-3-7-18(20)19-8-4-6-10-21(19)22/h3-10,17,22H,11-16H2,1-2H3,(H,27,32)(H,30,31)/t17-,26-/m0/s1. The Kier molecular flexibility index (Phi) is 6.88. The molecule has 2 aromatic rings. The van der Waals surface area contributed by atoms with Crippen LogP contribution in [0.1, 0.15) is 30.9 Å². The summed E-state index contributed by atoms with van der Waals surface area (Å²) in [6, 6.07) is 16.3. The molecule has 0 saturated carbocycles. The van der Waals surface area contributed by atoms with E-state index in [9.17, 15) is 19.5 Å². The first-order valence-electron chi connectivity index (χ1n) is 11.5. The number of carboxylic acids is 1. The first kappa shape index (κ1) is 23.8. The first-order valence-corrected chi connectivity index (χ1v) is 11.5. The smallest absolute Gasteiger partial charge is 0.407 e. The van der Waals surface area contributed by atoms with Crippen LogP contribution in [0.2, 0.25) is 0 Å². The molecule has 0 radical (unpaired) electrons. The molecule has 1 saturated heterocycles. The van der Waals surface area contributed by atoms with Gasteiger partial charge in [0.2, 0.25) is 5.91 Å². The molecule has 2 atom stereocenters. The summed E-state index contributed by atoms with van der Waals surface area (Å²) in [5, 5.41) is 12.1. The van der Waals surface area contributed by atoms with Crippen LogP contribution < -0.4 is 5.32 Å². The highest BCUT2D eigenvalue weighted by Crippen LogP contribution is 2.44. The van der Waals surface area contributed by atoms with Gasteiger partial charge < -0.3 is 24.8 Å². The van der Waals surface area contributed by atoms with E-state index in [2.05, 4.69) is 29.6 Å². The van der Waals surface area contributed by atoms with E-state index in [4.69, 9.17) is 9.47 Å². The number of likely N-dealkylation sites (tertiary alicyclic amines) is 1. The monoisotopic (exact) mass is 466 g/mol. The molecule has 4 rings (SSSR count). The van der Waals surface area contributed by atoms with E-state index >= 15 is 0 Å². The number of nitrogens with one attached hydrogen (secondary N) is 1. The molecular formula is C26H30N2O6. The number of carboxylic acid groups (broad SMARTS) is 1. The number of nitrogens with zero attached hydrogens (tertiary/aromatic N) is 1. The maximum absolute atomic E-state index is 12.3. The topological polar surface area (TPSA) is 105 Å². The molecule has 2 amide bonds. The summed E-state index contributed by atoms with van der Waals surface area (Å²) in [6.07, 6.45) is -0.539. The average Bonchev–Trinajstić information content (AvgIpc) is 3.32. The van der Waals surface area contributed by atoms with Crippen molar-refractivity contribution in [3.63, 3.8) is 0 Å². The molecule has 34 heavy (non-hydrogen) atoms. The SMILES string of the molecule is C[C@H]1CN(C(=O)COCCNC(=O)OCC2c3ccccc3-c3ccccc32)C[C@]1(C)C(=O)O. The zero-order valence-corrected chi connectivity index (χ0v) is 19.5. The van der Waals surface area contributed by atoms with Crippen LogP contribution in [-0.2, 0) is 19.1 Å². The van der Waals surface area contributed by atoms with Crippen LogP contribution in [0.5, 0.6) is 0 Å². The van der Waals surface area contributed by atoms with Crippen LogP contribution in [0.15, 0.2) is 48.5 Å². The van der Waals surface area contributed by atoms with Crippen molar-refractivity contribution in [2.75, 3.05) is 39.5 Å². The van der Waals surface area contributed by atoms with Gasteiger partial charge in [0.15, 0.2) is 0 Å². The van der Waals surface area contributed by atoms with Gasteiger partial charge in [-0.25, -0.2) is 4.79 Å². The normalized spacial score (nSPS) is 21.1. The number of carbonyl (C=O) groups is 3. The van der Waals surface area contributed by atoms with Crippen molar-refractivity contribution in [2.45, 2.75) is 19.8 Å². The van der Waals surface area contributed by atoms with Crippen LogP contribution >= 0.6 is 0 Å². The quantitative estimate of drug-likeness (QED) is 0.579. The molecule has 1 fully saturated rings. The lowest BCUT2D eigenvalue weighted by atomic mass is 9.81. The fourth-order valence-electron chi connectivity index (χ4n) is 4.74. The molecule has 8 heteroatoms. The minimum atomic E-state index is -0.943. The highest BCUT2D eigenvalue weighted by molar-refractivity contribution is 5.81. The Balaban J connectivity index is 1.18. The van der Waals surface area contributed by atoms with Gasteiger partial charge in [-0.2, -0.15) is 0 Å². The zero-order chi connectivity index (χ0) is 24.3. The molecule has 2 aliphatic rings. The number of carbonyl (C=O) groups excluding carboxylic acids is 2. The molecule has 2 N–H and O–H groups in total. The van der Waals surface area contributed by atoms with E-state index < -0.39 is 17.5 Å². The highest BCUT2D eigenvalue weighted by Gasteiger charge is 2.47. The van der Waals surface area contributed by atoms with Crippen molar-refractivity contribution >= 4 is 18.0 Å². The summed E-state index contributed by atoms with van der Waals surface area (Å²) in [7, 11) is 0. The van der Waals surface area contributed by atoms with Gasteiger partial charge in [-0.1, -0.05) is 55.5 Å². The van der Waals surface area contributed by atoms with Gasteiger partial charge in [0, 0.05) is 25.6 Å². The number of aliphatic carboxylic acids is 1. The first-order chi connectivity index (χ1) is 16.3. The summed E-state index contributed by atoms with van der Waals surface area (Å²) in [4.78, 5) is 37.6. The molecular weight excluding hydrogens is 436 g/mol. The lowest BCUT2D eigenvalue weighted by Crippen LogP contribution is -2.38. The summed E-state index contributed by atoms with van der Waals surface area (Å²) in [6.45, 7) is 4.48. The van der Waals surface area contributed by atoms with Gasteiger partial charge in [-0.05, 0) is 35.1 Å². The second kappa shape index (κ2) is 9.85. The predicted octanol–water partition coefficient (Wildman–Crippen LogP) is 3.11. The Morgan fingerprint density at radius 1 is 1.09 bits per heavy atom. The van der Waals surface area contributed by atoms with Crippen LogP contribution in [0.4, 0.5) is 4.79 Å². The van der Waals surface area contributed by atoms with Crippen molar-refractivity contribution in [1.29, 1.82) is 0 Å². The number of hydrogen-bond donors (Lipinski definition) is 2. The second-order valence-electron chi connectivity index (χ2n) is 9.20. The molecule has 180 valence electrons. The minimum Gasteiger partial charge on any atom is -0.481 e. The molecule has 8 nitrogen and oxygen atoms in total. The molecule has 0 bridgehead atoms. The van der Waals surface area contributed by atoms with Crippen molar-refractivity contribution in [3.8, 4) is 11.1 Å². The van der Waals surface area contributed by atoms with E-state index in [0.29, 0.717) is 6.54 Å². The van der Waals surface area contributed by atoms with Gasteiger partial charge >= 0.3 is 12.1 Å². The minimum absolute atomic E-state index is 0.00800. The number of fused-ring (bicyclic) bond motifs is 3. The maximum atomic E-state index is 12.3. The average molecular weight is 467 g/mol. The largest absolute Gasteiger partial charge is 0.481 e. The Morgan fingerprint density at radius 2 is 1.71 bits per heavy atom. The van der Waals surface area contributed by atoms with Gasteiger partial charge in [-0.15, -0.1) is 0 Å². The predicted molar refractivity (Wildman–Crippen MR) is 125 cm³/mol. The fraction of sp³-hybridized carbons (Fsp3) is 0.423. The third kappa shape index (κ3) is 4.63. The fourth-order valence-corrected chi connectivity index (χ4v) is 4.74. The molecule has 0 unspecified atom stereocenters. The number of benzene rings is 2. The Labute approximate surface area is 198 Å². The van der Waals surface area contributed by atoms with Gasteiger partial charge in [-0.3, -0.25) is 9.59 Å². The van der Waals surface area contributed by atoms with Gasteiger partial charge in [0.25, 0.3) is 0 Å². The van der Waals surface area contributed by atoms with Crippen LogP contribution in [0, 0.1) is 11.3 Å². The highest BCUT2D eigenvalue weighted by atomic mass is 16.5. The number of hydrogen-bond acceptors (Lipinski definition) is 5. The van der Waals surface area contributed by atoms with E-state index in [1.54, 1.807) is 6.92 Å². The summed E-state index contributed by atoms with van der Waals surface area (Å²) < 4.78 is 10.9. The molecule has 0 aromatic heterocycles. The number of rotatable bonds is 8. The number of alkyl carbamates (subject to hydrolysis) is 1. The molecule has 0 spiro atoms. The second-order valence-corrected chi connectivity index (χ2v) is 9.20. The molecule has 1 aliphatic heterocycles. The zero-order valence-electron chi connectivity index (χ0n) is 19.5. The molecule has 1 aliphatic carbocycles. The Bertz CT molecular complexity index is 1040. The molecule has 2 aromatic carbocycles. The van der Waals surface area contributed by atoms with E-state index in [1.807, 2.05) is 31.2 Å². The van der Waals surface area contributed by atoms with E-state index in [1.165, 1.54) is 16.0 Å². The lowest BCUT2D eigenvalue weighted by molar-refractivity contribution is -0.149. The summed E-state index contributed by atoms with van der Waals surface area (Å²) in [5.41, 5.74) is 3.69. The van der Waals surface area contributed by atoms with Crippen molar-refractivity contribution < 1.29 is 29.0 Å². The van der Waals surface area contributed by atoms with Gasteiger partial charge in [0.1, 0.15) is 13.2 Å². The molecule has 1 heterocycles. The van der Waals surface area contributed by atoms with Crippen molar-refractivity contribution in [2.24, 2.45) is 11.3 Å². The lowest BCUT2D eigenvalue weighted by Gasteiger charge is -2.22. The third-order valence-corrected chi connectivity index (χ3v) is 7.03. The van der Waals surface area contributed by atoms with Crippen molar-refractivity contribution in [1.82, 2.24) is 10.2 Å². The number of ether oxygens (including phenoxy) is 2. The number of amides is 2. The Hall–Kier alpha value is -3.39. The Morgan fingerprint density at radius 3 is 2.29 bits per heavy atom. The van der Waals surface area contributed by atoms with Crippen molar-refractivity contribution in [3.05, 3.63) is 59.7 Å². The van der Waals surface area contributed by atoms with Crippen LogP contribution in [-0.4, -0.2) is 67.4 Å².